The molecule has 0 heterocycles. The summed E-state index contributed by atoms with van der Waals surface area (Å²) in [5.41, 5.74) is 1.22. The Kier molecular flexibility index (Phi) is 4.60. The van der Waals surface area contributed by atoms with Crippen LogP contribution in [0.5, 0.6) is 0 Å². The molecule has 0 saturated heterocycles. The van der Waals surface area contributed by atoms with Crippen molar-refractivity contribution in [3.63, 3.8) is 0 Å². The second-order valence-electron chi connectivity index (χ2n) is 7.64. The van der Waals surface area contributed by atoms with Crippen LogP contribution in [-0.4, -0.2) is 17.7 Å². The maximum atomic E-state index is 12.3. The molecule has 1 N–H and O–H groups in total. The highest BCUT2D eigenvalue weighted by Gasteiger charge is 2.48. The highest BCUT2D eigenvalue weighted by molar-refractivity contribution is 7.99. The largest absolute Gasteiger partial charge is 0.352 e. The average Bonchev–Trinajstić information content (AvgIpc) is 2.52. The van der Waals surface area contributed by atoms with Crippen LogP contribution < -0.4 is 5.32 Å². The van der Waals surface area contributed by atoms with Crippen LogP contribution in [0.4, 0.5) is 0 Å². The van der Waals surface area contributed by atoms with E-state index in [2.05, 4.69) is 5.32 Å². The fraction of sp³-hybridized carbons (Fsp3) is 0.632. The second kappa shape index (κ2) is 6.68. The van der Waals surface area contributed by atoms with Gasteiger partial charge in [-0.25, -0.2) is 0 Å². The quantitative estimate of drug-likeness (QED) is 0.847. The smallest absolute Gasteiger partial charge is 0.230 e. The SMILES string of the molecule is O=C(CSCc1ccc(Cl)cc1)NC1C2CC3CC(C2)CC1C3. The molecule has 1 amide bonds. The van der Waals surface area contributed by atoms with Crippen molar-refractivity contribution < 1.29 is 4.79 Å². The van der Waals surface area contributed by atoms with Gasteiger partial charge in [0.1, 0.15) is 0 Å². The predicted octanol–water partition coefficient (Wildman–Crippen LogP) is 4.51. The number of rotatable bonds is 5. The van der Waals surface area contributed by atoms with E-state index in [4.69, 9.17) is 11.6 Å². The van der Waals surface area contributed by atoms with Gasteiger partial charge in [0.25, 0.3) is 0 Å². The molecule has 0 aromatic heterocycles. The fourth-order valence-electron chi connectivity index (χ4n) is 5.23. The Balaban J connectivity index is 1.25. The first-order valence-electron chi connectivity index (χ1n) is 8.79. The molecule has 23 heavy (non-hydrogen) atoms. The molecule has 4 aliphatic rings. The Bertz CT molecular complexity index is 545. The highest BCUT2D eigenvalue weighted by atomic mass is 35.5. The monoisotopic (exact) mass is 349 g/mol. The Morgan fingerprint density at radius 1 is 1.04 bits per heavy atom. The third kappa shape index (κ3) is 3.56. The van der Waals surface area contributed by atoms with Crippen LogP contribution in [0.15, 0.2) is 24.3 Å². The molecule has 5 rings (SSSR count). The van der Waals surface area contributed by atoms with E-state index in [0.29, 0.717) is 11.8 Å². The van der Waals surface area contributed by atoms with Crippen LogP contribution in [-0.2, 0) is 10.5 Å². The van der Waals surface area contributed by atoms with Gasteiger partial charge < -0.3 is 5.32 Å². The van der Waals surface area contributed by atoms with Crippen molar-refractivity contribution in [1.82, 2.24) is 5.32 Å². The van der Waals surface area contributed by atoms with E-state index in [9.17, 15) is 4.79 Å². The minimum Gasteiger partial charge on any atom is -0.352 e. The van der Waals surface area contributed by atoms with Crippen molar-refractivity contribution in [1.29, 1.82) is 0 Å². The maximum Gasteiger partial charge on any atom is 0.230 e. The Morgan fingerprint density at radius 3 is 2.26 bits per heavy atom. The molecule has 0 aliphatic heterocycles. The van der Waals surface area contributed by atoms with E-state index < -0.39 is 0 Å². The number of nitrogens with one attached hydrogen (secondary N) is 1. The van der Waals surface area contributed by atoms with Crippen molar-refractivity contribution in [2.45, 2.75) is 43.9 Å². The summed E-state index contributed by atoms with van der Waals surface area (Å²) in [5.74, 6) is 5.10. The first-order chi connectivity index (χ1) is 11.2. The molecular weight excluding hydrogens is 326 g/mol. The van der Waals surface area contributed by atoms with Gasteiger partial charge in [0, 0.05) is 16.8 Å². The van der Waals surface area contributed by atoms with Gasteiger partial charge in [0.2, 0.25) is 5.91 Å². The number of carbonyl (C=O) groups is 1. The first kappa shape index (κ1) is 15.8. The summed E-state index contributed by atoms with van der Waals surface area (Å²) in [6.07, 6.45) is 6.89. The lowest BCUT2D eigenvalue weighted by atomic mass is 9.54. The standard InChI is InChI=1S/C19H24ClNOS/c20-17-3-1-12(2-4-17)10-23-11-18(22)21-19-15-6-13-5-14(8-15)9-16(19)7-13/h1-4,13-16,19H,5-11H2,(H,21,22). The minimum atomic E-state index is 0.224. The molecule has 4 aliphatic carbocycles. The molecule has 1 aromatic carbocycles. The second-order valence-corrected chi connectivity index (χ2v) is 9.07. The molecule has 4 fully saturated rings. The summed E-state index contributed by atoms with van der Waals surface area (Å²) in [7, 11) is 0. The number of hydrogen-bond donors (Lipinski definition) is 1. The average molecular weight is 350 g/mol. The summed E-state index contributed by atoms with van der Waals surface area (Å²) >= 11 is 7.58. The molecule has 124 valence electrons. The zero-order valence-electron chi connectivity index (χ0n) is 13.3. The molecule has 0 spiro atoms. The zero-order chi connectivity index (χ0) is 15.8. The Labute approximate surface area is 147 Å². The van der Waals surface area contributed by atoms with Gasteiger partial charge in [0.05, 0.1) is 5.75 Å². The summed E-state index contributed by atoms with van der Waals surface area (Å²) in [5, 5.41) is 4.14. The molecule has 2 nitrogen and oxygen atoms in total. The van der Waals surface area contributed by atoms with Gasteiger partial charge >= 0.3 is 0 Å². The van der Waals surface area contributed by atoms with E-state index in [1.54, 1.807) is 11.8 Å². The molecule has 4 saturated carbocycles. The van der Waals surface area contributed by atoms with Crippen LogP contribution in [0.2, 0.25) is 5.02 Å². The van der Waals surface area contributed by atoms with Gasteiger partial charge in [-0.05, 0) is 73.5 Å². The van der Waals surface area contributed by atoms with E-state index >= 15 is 0 Å². The molecular formula is C19H24ClNOS. The first-order valence-corrected chi connectivity index (χ1v) is 10.3. The van der Waals surface area contributed by atoms with E-state index in [1.807, 2.05) is 24.3 Å². The van der Waals surface area contributed by atoms with E-state index in [1.165, 1.54) is 37.7 Å². The number of amides is 1. The van der Waals surface area contributed by atoms with Crippen LogP contribution in [0.1, 0.15) is 37.7 Å². The fourth-order valence-corrected chi connectivity index (χ4v) is 6.16. The van der Waals surface area contributed by atoms with Gasteiger partial charge in [-0.15, -0.1) is 11.8 Å². The summed E-state index contributed by atoms with van der Waals surface area (Å²) in [6, 6.07) is 8.35. The van der Waals surface area contributed by atoms with E-state index in [-0.39, 0.29) is 5.91 Å². The van der Waals surface area contributed by atoms with Gasteiger partial charge in [0.15, 0.2) is 0 Å². The Hall–Kier alpha value is -0.670. The third-order valence-electron chi connectivity index (χ3n) is 5.97. The number of hydrogen-bond acceptors (Lipinski definition) is 2. The lowest BCUT2D eigenvalue weighted by Gasteiger charge is -2.54. The minimum absolute atomic E-state index is 0.224. The van der Waals surface area contributed by atoms with Gasteiger partial charge in [-0.3, -0.25) is 4.79 Å². The van der Waals surface area contributed by atoms with Crippen LogP contribution >= 0.6 is 23.4 Å². The summed E-state index contributed by atoms with van der Waals surface area (Å²) in [4.78, 5) is 12.3. The number of thioether (sulfide) groups is 1. The van der Waals surface area contributed by atoms with E-state index in [0.717, 1.165) is 34.4 Å². The van der Waals surface area contributed by atoms with Crippen LogP contribution in [0.3, 0.4) is 0 Å². The molecule has 4 bridgehead atoms. The molecule has 0 atom stereocenters. The third-order valence-corrected chi connectivity index (χ3v) is 7.23. The highest BCUT2D eigenvalue weighted by Crippen LogP contribution is 2.53. The van der Waals surface area contributed by atoms with Crippen molar-refractivity contribution in [2.24, 2.45) is 23.7 Å². The number of halogens is 1. The summed E-state index contributed by atoms with van der Waals surface area (Å²) in [6.45, 7) is 0. The molecule has 0 unspecified atom stereocenters. The van der Waals surface area contributed by atoms with Crippen molar-refractivity contribution in [3.05, 3.63) is 34.9 Å². The topological polar surface area (TPSA) is 29.1 Å². The lowest BCUT2D eigenvalue weighted by Crippen LogP contribution is -2.56. The van der Waals surface area contributed by atoms with Crippen molar-refractivity contribution in [3.8, 4) is 0 Å². The van der Waals surface area contributed by atoms with Crippen LogP contribution in [0, 0.1) is 23.7 Å². The predicted molar refractivity (Wildman–Crippen MR) is 96.6 cm³/mol. The molecule has 4 heteroatoms. The van der Waals surface area contributed by atoms with Crippen molar-refractivity contribution >= 4 is 29.3 Å². The van der Waals surface area contributed by atoms with Gasteiger partial charge in [-0.1, -0.05) is 23.7 Å². The van der Waals surface area contributed by atoms with Gasteiger partial charge in [-0.2, -0.15) is 0 Å². The normalized spacial score (nSPS) is 34.6. The number of benzene rings is 1. The number of carbonyl (C=O) groups excluding carboxylic acids is 1. The lowest BCUT2D eigenvalue weighted by molar-refractivity contribution is -0.122. The molecule has 1 aromatic rings. The zero-order valence-corrected chi connectivity index (χ0v) is 14.9. The maximum absolute atomic E-state index is 12.3. The Morgan fingerprint density at radius 2 is 1.65 bits per heavy atom. The molecule has 0 radical (unpaired) electrons. The van der Waals surface area contributed by atoms with Crippen LogP contribution in [0.25, 0.3) is 0 Å². The van der Waals surface area contributed by atoms with Crippen molar-refractivity contribution in [2.75, 3.05) is 5.75 Å². The summed E-state index contributed by atoms with van der Waals surface area (Å²) < 4.78 is 0.